The Hall–Kier alpha value is -3.06. The number of nitrogens with zero attached hydrogens (tertiary/aromatic N) is 4. The van der Waals surface area contributed by atoms with Crippen molar-refractivity contribution in [3.05, 3.63) is 53.9 Å². The van der Waals surface area contributed by atoms with E-state index < -0.39 is 0 Å². The summed E-state index contributed by atoms with van der Waals surface area (Å²) in [6.07, 6.45) is 9.76. The van der Waals surface area contributed by atoms with Gasteiger partial charge < -0.3 is 19.3 Å². The van der Waals surface area contributed by atoms with Crippen molar-refractivity contribution in [3.8, 4) is 11.5 Å². The summed E-state index contributed by atoms with van der Waals surface area (Å²) >= 11 is 0. The molecule has 0 bridgehead atoms. The highest BCUT2D eigenvalue weighted by Gasteiger charge is 2.21. The summed E-state index contributed by atoms with van der Waals surface area (Å²) in [6, 6.07) is 10.4. The zero-order chi connectivity index (χ0) is 22.5. The number of hydrogen-bond donors (Lipinski definition) is 0. The maximum Gasteiger partial charge on any atom is 0.153 e. The lowest BCUT2D eigenvalue weighted by atomic mass is 10.0. The van der Waals surface area contributed by atoms with Crippen LogP contribution in [0.5, 0.6) is 11.5 Å². The number of benzene rings is 1. The Kier molecular flexibility index (Phi) is 6.76. The van der Waals surface area contributed by atoms with Crippen molar-refractivity contribution in [1.82, 2.24) is 14.5 Å². The lowest BCUT2D eigenvalue weighted by molar-refractivity contribution is 0.112. The molecule has 0 N–H and O–H groups in total. The number of aldehydes is 1. The smallest absolute Gasteiger partial charge is 0.153 e. The molecule has 174 valence electrons. The predicted molar refractivity (Wildman–Crippen MR) is 129 cm³/mol. The molecule has 2 aliphatic heterocycles. The molecule has 33 heavy (non-hydrogen) atoms. The van der Waals surface area contributed by atoms with E-state index in [1.54, 1.807) is 10.7 Å². The molecule has 1 fully saturated rings. The second-order valence-electron chi connectivity index (χ2n) is 8.87. The van der Waals surface area contributed by atoms with E-state index in [4.69, 9.17) is 9.47 Å². The number of ether oxygens (including phenoxy) is 2. The first kappa shape index (κ1) is 21.8. The van der Waals surface area contributed by atoms with Gasteiger partial charge in [0.25, 0.3) is 0 Å². The second-order valence-corrected chi connectivity index (χ2v) is 8.87. The van der Waals surface area contributed by atoms with Gasteiger partial charge in [-0.15, -0.1) is 0 Å². The summed E-state index contributed by atoms with van der Waals surface area (Å²) in [7, 11) is 0. The number of pyridine rings is 1. The Balaban J connectivity index is 1.07. The first-order valence-corrected chi connectivity index (χ1v) is 12.1. The van der Waals surface area contributed by atoms with Crippen LogP contribution in [0, 0.1) is 0 Å². The van der Waals surface area contributed by atoms with Gasteiger partial charge in [0.1, 0.15) is 11.5 Å². The molecule has 7 heteroatoms. The van der Waals surface area contributed by atoms with E-state index >= 15 is 0 Å². The molecular weight excluding hydrogens is 416 g/mol. The van der Waals surface area contributed by atoms with Crippen LogP contribution >= 0.6 is 0 Å². The first-order valence-electron chi connectivity index (χ1n) is 12.1. The molecule has 7 nitrogen and oxygen atoms in total. The number of fused-ring (bicyclic) bond motifs is 2. The largest absolute Gasteiger partial charge is 0.493 e. The summed E-state index contributed by atoms with van der Waals surface area (Å²) in [4.78, 5) is 16.2. The molecule has 0 unspecified atom stereocenters. The number of hydrogen-bond acceptors (Lipinski definition) is 6. The average molecular weight is 449 g/mol. The monoisotopic (exact) mass is 448 g/mol. The van der Waals surface area contributed by atoms with E-state index in [0.29, 0.717) is 12.2 Å². The lowest BCUT2D eigenvalue weighted by Gasteiger charge is -2.28. The lowest BCUT2D eigenvalue weighted by Crippen LogP contribution is -2.32. The maximum atomic E-state index is 11.1. The van der Waals surface area contributed by atoms with Crippen molar-refractivity contribution in [2.75, 3.05) is 50.8 Å². The van der Waals surface area contributed by atoms with Crippen LogP contribution in [0.15, 0.2) is 42.7 Å². The number of para-hydroxylation sites is 1. The zero-order valence-electron chi connectivity index (χ0n) is 19.1. The van der Waals surface area contributed by atoms with Crippen LogP contribution in [0.4, 0.5) is 5.69 Å². The summed E-state index contributed by atoms with van der Waals surface area (Å²) in [5.74, 6) is 1.90. The summed E-state index contributed by atoms with van der Waals surface area (Å²) in [5.41, 5.74) is 3.99. The highest BCUT2D eigenvalue weighted by Crippen LogP contribution is 2.35. The molecule has 1 aromatic carbocycles. The molecule has 0 aliphatic carbocycles. The topological polar surface area (TPSA) is 59.3 Å². The van der Waals surface area contributed by atoms with Gasteiger partial charge in [-0.2, -0.15) is 5.10 Å². The minimum absolute atomic E-state index is 0.582. The number of carbonyl (C=O) groups excluding carboxylic acids is 1. The Bertz CT molecular complexity index is 1100. The van der Waals surface area contributed by atoms with E-state index in [1.165, 1.54) is 17.7 Å². The van der Waals surface area contributed by atoms with Crippen LogP contribution in [-0.2, 0) is 6.42 Å². The normalized spacial score (nSPS) is 16.8. The number of rotatable bonds is 8. The number of carbonyl (C=O) groups is 1. The minimum atomic E-state index is 0.582. The molecule has 4 heterocycles. The van der Waals surface area contributed by atoms with E-state index in [1.807, 2.05) is 18.3 Å². The van der Waals surface area contributed by atoms with E-state index in [0.717, 1.165) is 88.3 Å². The van der Waals surface area contributed by atoms with Gasteiger partial charge in [0.2, 0.25) is 0 Å². The van der Waals surface area contributed by atoms with Crippen LogP contribution in [0.3, 0.4) is 0 Å². The highest BCUT2D eigenvalue weighted by atomic mass is 16.5. The Morgan fingerprint density at radius 3 is 3.00 bits per heavy atom. The third-order valence-electron chi connectivity index (χ3n) is 6.63. The Morgan fingerprint density at radius 2 is 2.06 bits per heavy atom. The fourth-order valence-electron chi connectivity index (χ4n) is 4.84. The number of anilines is 1. The van der Waals surface area contributed by atoms with Crippen LogP contribution in [0.2, 0.25) is 0 Å². The second kappa shape index (κ2) is 10.3. The van der Waals surface area contributed by atoms with Gasteiger partial charge in [-0.05, 0) is 62.9 Å². The van der Waals surface area contributed by atoms with Gasteiger partial charge in [-0.3, -0.25) is 4.79 Å². The summed E-state index contributed by atoms with van der Waals surface area (Å²) in [5, 5.41) is 4.16. The Morgan fingerprint density at radius 1 is 1.09 bits per heavy atom. The van der Waals surface area contributed by atoms with Crippen molar-refractivity contribution in [2.45, 2.75) is 32.1 Å². The predicted octanol–water partition coefficient (Wildman–Crippen LogP) is 3.84. The van der Waals surface area contributed by atoms with Crippen LogP contribution < -0.4 is 14.4 Å². The fraction of sp³-hybridized carbons (Fsp3) is 0.462. The minimum Gasteiger partial charge on any atom is -0.493 e. The molecule has 2 aliphatic rings. The third kappa shape index (κ3) is 4.98. The van der Waals surface area contributed by atoms with Crippen molar-refractivity contribution in [1.29, 1.82) is 0 Å². The van der Waals surface area contributed by atoms with Gasteiger partial charge in [0.15, 0.2) is 6.29 Å². The molecule has 3 aromatic rings. The molecule has 2 aromatic heterocycles. The van der Waals surface area contributed by atoms with E-state index in [9.17, 15) is 4.79 Å². The fourth-order valence-corrected chi connectivity index (χ4v) is 4.84. The van der Waals surface area contributed by atoms with E-state index in [-0.39, 0.29) is 0 Å². The third-order valence-corrected chi connectivity index (χ3v) is 6.63. The molecule has 0 radical (unpaired) electrons. The molecule has 0 saturated carbocycles. The zero-order valence-corrected chi connectivity index (χ0v) is 19.1. The molecular formula is C26H32N4O3. The first-order chi connectivity index (χ1) is 16.3. The SMILES string of the molecule is O=Cc1cnn2ccc(OCCCCN3CCCN(c4cccc5c4OCCC5)CC3)cc12. The standard InChI is InChI=1S/C26H32N4O3/c31-20-22-19-27-30-13-9-23(18-25(22)30)32-16-2-1-10-28-11-5-12-29(15-14-28)24-8-3-6-21-7-4-17-33-26(21)24/h3,6,8-9,13,18-20H,1-2,4-5,7,10-12,14-17H2. The van der Waals surface area contributed by atoms with Gasteiger partial charge in [0, 0.05) is 31.9 Å². The van der Waals surface area contributed by atoms with Crippen LogP contribution in [0.25, 0.3) is 5.52 Å². The summed E-state index contributed by atoms with van der Waals surface area (Å²) < 4.78 is 13.7. The Labute approximate surface area is 194 Å². The quantitative estimate of drug-likeness (QED) is 0.385. The molecule has 0 spiro atoms. The van der Waals surface area contributed by atoms with Crippen molar-refractivity contribution < 1.29 is 14.3 Å². The van der Waals surface area contributed by atoms with Crippen LogP contribution in [0.1, 0.15) is 41.6 Å². The number of aryl methyl sites for hydroxylation is 1. The molecule has 0 atom stereocenters. The van der Waals surface area contributed by atoms with Gasteiger partial charge in [-0.25, -0.2) is 4.52 Å². The van der Waals surface area contributed by atoms with Gasteiger partial charge in [0.05, 0.1) is 36.2 Å². The molecule has 1 saturated heterocycles. The van der Waals surface area contributed by atoms with E-state index in [2.05, 4.69) is 33.1 Å². The highest BCUT2D eigenvalue weighted by molar-refractivity contribution is 5.85. The van der Waals surface area contributed by atoms with Crippen molar-refractivity contribution in [3.63, 3.8) is 0 Å². The maximum absolute atomic E-state index is 11.1. The van der Waals surface area contributed by atoms with Crippen LogP contribution in [-0.4, -0.2) is 66.7 Å². The number of unbranched alkanes of at least 4 members (excludes halogenated alkanes) is 1. The van der Waals surface area contributed by atoms with Crippen molar-refractivity contribution >= 4 is 17.5 Å². The van der Waals surface area contributed by atoms with Gasteiger partial charge >= 0.3 is 0 Å². The van der Waals surface area contributed by atoms with Gasteiger partial charge in [-0.1, -0.05) is 12.1 Å². The molecule has 0 amide bonds. The average Bonchev–Trinajstić information content (AvgIpc) is 3.12. The van der Waals surface area contributed by atoms with Crippen molar-refractivity contribution in [2.24, 2.45) is 0 Å². The molecule has 5 rings (SSSR count). The number of aromatic nitrogens is 2. The summed E-state index contributed by atoms with van der Waals surface area (Å²) in [6.45, 7) is 6.95.